The Hall–Kier alpha value is -3.73. The summed E-state index contributed by atoms with van der Waals surface area (Å²) in [5.41, 5.74) is 1.03. The van der Waals surface area contributed by atoms with E-state index in [9.17, 15) is 5.11 Å². The number of fused-ring (bicyclic) bond motifs is 5. The molecule has 0 saturated carbocycles. The molecule has 2 aliphatic heterocycles. The Morgan fingerprint density at radius 1 is 1.17 bits per heavy atom. The number of rotatable bonds is 2. The third-order valence-electron chi connectivity index (χ3n) is 6.98. The molecule has 2 aliphatic rings. The number of aliphatic hydroxyl groups is 1. The molecule has 182 valence electrons. The highest BCUT2D eigenvalue weighted by Gasteiger charge is 2.39. The third kappa shape index (κ3) is 3.75. The van der Waals surface area contributed by atoms with Crippen molar-refractivity contribution < 1.29 is 9.84 Å². The fourth-order valence-corrected chi connectivity index (χ4v) is 4.64. The highest BCUT2D eigenvalue weighted by atomic mass is 16.5. The van der Waals surface area contributed by atoms with Crippen LogP contribution in [0.1, 0.15) is 33.2 Å². The van der Waals surface area contributed by atoms with Crippen molar-refractivity contribution in [3.63, 3.8) is 0 Å². The second kappa shape index (κ2) is 7.91. The van der Waals surface area contributed by atoms with Crippen LogP contribution < -0.4 is 15.0 Å². The first kappa shape index (κ1) is 21.8. The molecule has 0 amide bonds. The topological polar surface area (TPSA) is 119 Å². The van der Waals surface area contributed by atoms with Gasteiger partial charge in [0.2, 0.25) is 5.88 Å². The van der Waals surface area contributed by atoms with Crippen molar-refractivity contribution in [2.24, 2.45) is 13.0 Å². The summed E-state index contributed by atoms with van der Waals surface area (Å²) in [7, 11) is 1.85. The Bertz CT molecular complexity index is 1400. The number of hydrogen-bond acceptors (Lipinski definition) is 9. The van der Waals surface area contributed by atoms with Crippen LogP contribution in [0.25, 0.3) is 22.3 Å². The lowest BCUT2D eigenvalue weighted by Gasteiger charge is -2.45. The highest BCUT2D eigenvalue weighted by Crippen LogP contribution is 2.37. The number of nitrogens with zero attached hydrogens (tertiary/aromatic N) is 8. The molecule has 1 unspecified atom stereocenters. The summed E-state index contributed by atoms with van der Waals surface area (Å²) < 4.78 is 9.92. The Labute approximate surface area is 202 Å². The minimum absolute atomic E-state index is 0.0848. The summed E-state index contributed by atoms with van der Waals surface area (Å²) in [4.78, 5) is 16.0. The van der Waals surface area contributed by atoms with Gasteiger partial charge in [0.05, 0.1) is 35.3 Å². The van der Waals surface area contributed by atoms with Crippen LogP contribution in [0, 0.1) is 5.92 Å². The summed E-state index contributed by atoms with van der Waals surface area (Å²) in [6.45, 7) is 7.90. The van der Waals surface area contributed by atoms with Crippen LogP contribution in [0.4, 0.5) is 17.5 Å². The number of pyridine rings is 1. The first-order valence-corrected chi connectivity index (χ1v) is 11.9. The predicted octanol–water partition coefficient (Wildman–Crippen LogP) is 2.92. The summed E-state index contributed by atoms with van der Waals surface area (Å²) in [5.74, 6) is 3.59. The van der Waals surface area contributed by atoms with Gasteiger partial charge in [0.1, 0.15) is 17.2 Å². The molecule has 0 aromatic carbocycles. The standard InChI is InChI=1S/C24H29N9O2/c1-14-6-8-35-23-17(11-27-31(23)4)21-25-7-5-19(29-21)28-20-9-18-16(10-26-20)22(30-33(14)18)32-12-15(13-32)24(2,3)34/h5,7,9-11,14-15,34H,6,8,12-13H2,1-4H3,(H,25,26,28,29). The van der Waals surface area contributed by atoms with E-state index in [1.165, 1.54) is 0 Å². The zero-order valence-electron chi connectivity index (χ0n) is 20.3. The molecule has 1 atom stereocenters. The van der Waals surface area contributed by atoms with E-state index in [1.807, 2.05) is 33.2 Å². The van der Waals surface area contributed by atoms with Gasteiger partial charge in [-0.2, -0.15) is 10.2 Å². The minimum Gasteiger partial charge on any atom is -0.477 e. The Morgan fingerprint density at radius 2 is 2.00 bits per heavy atom. The van der Waals surface area contributed by atoms with E-state index in [-0.39, 0.29) is 12.0 Å². The van der Waals surface area contributed by atoms with E-state index in [0.717, 1.165) is 41.8 Å². The molecule has 6 rings (SSSR count). The maximum Gasteiger partial charge on any atom is 0.222 e. The van der Waals surface area contributed by atoms with Gasteiger partial charge in [-0.05, 0) is 26.8 Å². The molecule has 11 nitrogen and oxygen atoms in total. The molecule has 4 bridgehead atoms. The Balaban J connectivity index is 1.41. The van der Waals surface area contributed by atoms with Crippen molar-refractivity contribution in [1.82, 2.24) is 34.5 Å². The van der Waals surface area contributed by atoms with Crippen LogP contribution in [-0.2, 0) is 7.05 Å². The molecule has 11 heteroatoms. The quantitative estimate of drug-likeness (QED) is 0.451. The van der Waals surface area contributed by atoms with Gasteiger partial charge in [0.15, 0.2) is 11.6 Å². The summed E-state index contributed by atoms with van der Waals surface area (Å²) in [5, 5.41) is 24.0. The summed E-state index contributed by atoms with van der Waals surface area (Å²) >= 11 is 0. The molecular formula is C24H29N9O2. The number of hydrogen-bond donors (Lipinski definition) is 2. The van der Waals surface area contributed by atoms with E-state index >= 15 is 0 Å². The lowest BCUT2D eigenvalue weighted by Crippen LogP contribution is -2.56. The van der Waals surface area contributed by atoms with Crippen molar-refractivity contribution in [2.75, 3.05) is 29.9 Å². The predicted molar refractivity (Wildman–Crippen MR) is 132 cm³/mol. The maximum atomic E-state index is 10.4. The molecule has 0 radical (unpaired) electrons. The average molecular weight is 476 g/mol. The summed E-state index contributed by atoms with van der Waals surface area (Å²) in [6.07, 6.45) is 6.04. The lowest BCUT2D eigenvalue weighted by atomic mass is 9.84. The fraction of sp³-hybridized carbons (Fsp3) is 0.458. The zero-order chi connectivity index (χ0) is 24.3. The van der Waals surface area contributed by atoms with Crippen molar-refractivity contribution >= 4 is 28.4 Å². The monoisotopic (exact) mass is 475 g/mol. The summed E-state index contributed by atoms with van der Waals surface area (Å²) in [6, 6.07) is 3.90. The number of aryl methyl sites for hydroxylation is 1. The number of ether oxygens (including phenoxy) is 1. The second-order valence-electron chi connectivity index (χ2n) is 9.97. The first-order valence-electron chi connectivity index (χ1n) is 11.9. The lowest BCUT2D eigenvalue weighted by molar-refractivity contribution is 0.00441. The van der Waals surface area contributed by atoms with Crippen LogP contribution >= 0.6 is 0 Å². The SMILES string of the molecule is CC1CCOc2c(cnn2C)-c2nccc(n2)Nc2cc3c(cn2)c(N2CC(C(C)(C)O)C2)nn31. The van der Waals surface area contributed by atoms with Crippen LogP contribution in [0.15, 0.2) is 30.7 Å². The van der Waals surface area contributed by atoms with E-state index in [2.05, 4.69) is 41.9 Å². The van der Waals surface area contributed by atoms with Gasteiger partial charge in [-0.25, -0.2) is 19.6 Å². The molecule has 1 fully saturated rings. The van der Waals surface area contributed by atoms with Crippen LogP contribution in [-0.4, -0.2) is 64.9 Å². The number of anilines is 3. The Kier molecular flexibility index (Phi) is 4.92. The molecule has 2 N–H and O–H groups in total. The van der Waals surface area contributed by atoms with Gasteiger partial charge in [-0.3, -0.25) is 4.68 Å². The van der Waals surface area contributed by atoms with Gasteiger partial charge >= 0.3 is 0 Å². The normalized spacial score (nSPS) is 18.5. The maximum absolute atomic E-state index is 10.4. The van der Waals surface area contributed by atoms with Crippen LogP contribution in [0.2, 0.25) is 0 Å². The molecule has 4 aromatic heterocycles. The van der Waals surface area contributed by atoms with Gasteiger partial charge in [-0.15, -0.1) is 0 Å². The van der Waals surface area contributed by atoms with Crippen molar-refractivity contribution in [3.05, 3.63) is 30.7 Å². The highest BCUT2D eigenvalue weighted by molar-refractivity contribution is 5.92. The first-order chi connectivity index (χ1) is 16.8. The van der Waals surface area contributed by atoms with E-state index in [0.29, 0.717) is 29.9 Å². The van der Waals surface area contributed by atoms with Gasteiger partial charge in [-0.1, -0.05) is 0 Å². The molecule has 6 heterocycles. The van der Waals surface area contributed by atoms with Crippen LogP contribution in [0.5, 0.6) is 5.88 Å². The smallest absolute Gasteiger partial charge is 0.222 e. The fourth-order valence-electron chi connectivity index (χ4n) is 4.64. The molecule has 0 aliphatic carbocycles. The number of nitrogens with one attached hydrogen (secondary N) is 1. The molecule has 1 saturated heterocycles. The zero-order valence-corrected chi connectivity index (χ0v) is 20.3. The average Bonchev–Trinajstić information content (AvgIpc) is 3.32. The number of aromatic nitrogens is 7. The van der Waals surface area contributed by atoms with E-state index in [1.54, 1.807) is 23.1 Å². The van der Waals surface area contributed by atoms with Gasteiger partial charge in [0.25, 0.3) is 0 Å². The van der Waals surface area contributed by atoms with Crippen molar-refractivity contribution in [2.45, 2.75) is 38.8 Å². The van der Waals surface area contributed by atoms with E-state index < -0.39 is 5.60 Å². The molecule has 0 spiro atoms. The van der Waals surface area contributed by atoms with Gasteiger partial charge in [0, 0.05) is 50.9 Å². The molecule has 35 heavy (non-hydrogen) atoms. The minimum atomic E-state index is -0.706. The van der Waals surface area contributed by atoms with Crippen molar-refractivity contribution in [3.8, 4) is 17.3 Å². The Morgan fingerprint density at radius 3 is 2.80 bits per heavy atom. The van der Waals surface area contributed by atoms with Crippen LogP contribution in [0.3, 0.4) is 0 Å². The largest absolute Gasteiger partial charge is 0.477 e. The molecular weight excluding hydrogens is 446 g/mol. The second-order valence-corrected chi connectivity index (χ2v) is 9.97. The molecule has 4 aromatic rings. The third-order valence-corrected chi connectivity index (χ3v) is 6.98. The van der Waals surface area contributed by atoms with E-state index in [4.69, 9.17) is 9.84 Å². The van der Waals surface area contributed by atoms with Crippen molar-refractivity contribution in [1.29, 1.82) is 0 Å². The van der Waals surface area contributed by atoms with Gasteiger partial charge < -0.3 is 20.1 Å².